The highest BCUT2D eigenvalue weighted by Crippen LogP contribution is 2.36. The number of piperidine rings is 1. The smallest absolute Gasteiger partial charge is 0.254 e. The van der Waals surface area contributed by atoms with Crippen molar-refractivity contribution in [2.24, 2.45) is 7.05 Å². The van der Waals surface area contributed by atoms with Crippen LogP contribution in [0, 0.1) is 13.8 Å². The first-order chi connectivity index (χ1) is 12.8. The highest BCUT2D eigenvalue weighted by Gasteiger charge is 2.38. The van der Waals surface area contributed by atoms with Gasteiger partial charge in [-0.25, -0.2) is 18.4 Å². The molecule has 1 N–H and O–H groups in total. The molecule has 2 aromatic heterocycles. The zero-order valence-corrected chi connectivity index (χ0v) is 16.7. The molecule has 1 amide bonds. The number of aryl methyl sites for hydroxylation is 2. The first kappa shape index (κ1) is 19.4. The van der Waals surface area contributed by atoms with Gasteiger partial charge in [0.25, 0.3) is 5.91 Å². The lowest BCUT2D eigenvalue weighted by Crippen LogP contribution is -2.40. The molecular formula is C17H24N6O3S. The Balaban J connectivity index is 2.11. The molecule has 0 aromatic carbocycles. The van der Waals surface area contributed by atoms with E-state index in [1.165, 1.54) is 28.4 Å². The van der Waals surface area contributed by atoms with E-state index < -0.39 is 16.1 Å². The number of carbonyl (C=O) groups excluding carboxylic acids is 1. The fraction of sp³-hybridized carbons (Fsp3) is 0.529. The number of nitrogens with zero attached hydrogens (tertiary/aromatic N) is 5. The first-order valence-corrected chi connectivity index (χ1v) is 10.3. The van der Waals surface area contributed by atoms with E-state index in [0.29, 0.717) is 35.7 Å². The molecule has 3 heterocycles. The molecular weight excluding hydrogens is 368 g/mol. The summed E-state index contributed by atoms with van der Waals surface area (Å²) in [6.45, 7) is 3.82. The molecule has 1 saturated heterocycles. The molecule has 1 atom stereocenters. The van der Waals surface area contributed by atoms with E-state index in [4.69, 9.17) is 0 Å². The third kappa shape index (κ3) is 3.46. The number of hydrogen-bond donors (Lipinski definition) is 1. The Kier molecular flexibility index (Phi) is 5.29. The van der Waals surface area contributed by atoms with Gasteiger partial charge in [0.05, 0.1) is 29.2 Å². The summed E-state index contributed by atoms with van der Waals surface area (Å²) < 4.78 is 29.7. The van der Waals surface area contributed by atoms with E-state index in [9.17, 15) is 13.2 Å². The first-order valence-electron chi connectivity index (χ1n) is 8.83. The van der Waals surface area contributed by atoms with Crippen LogP contribution in [0.15, 0.2) is 17.3 Å². The topological polar surface area (TPSA) is 110 Å². The molecule has 0 aliphatic carbocycles. The predicted molar refractivity (Wildman–Crippen MR) is 98.6 cm³/mol. The maximum Gasteiger partial charge on any atom is 0.254 e. The van der Waals surface area contributed by atoms with Crippen LogP contribution >= 0.6 is 0 Å². The van der Waals surface area contributed by atoms with Gasteiger partial charge in [0.2, 0.25) is 10.0 Å². The molecule has 9 nitrogen and oxygen atoms in total. The van der Waals surface area contributed by atoms with Gasteiger partial charge in [-0.05, 0) is 26.7 Å². The van der Waals surface area contributed by atoms with E-state index in [2.05, 4.69) is 20.4 Å². The lowest BCUT2D eigenvalue weighted by atomic mass is 9.98. The Morgan fingerprint density at radius 3 is 2.63 bits per heavy atom. The van der Waals surface area contributed by atoms with Gasteiger partial charge >= 0.3 is 0 Å². The van der Waals surface area contributed by atoms with E-state index in [1.54, 1.807) is 20.9 Å². The predicted octanol–water partition coefficient (Wildman–Crippen LogP) is 1.10. The van der Waals surface area contributed by atoms with Crippen molar-refractivity contribution in [2.45, 2.75) is 44.0 Å². The van der Waals surface area contributed by atoms with Crippen molar-refractivity contribution in [1.29, 1.82) is 0 Å². The van der Waals surface area contributed by atoms with Gasteiger partial charge in [-0.3, -0.25) is 9.48 Å². The van der Waals surface area contributed by atoms with Crippen LogP contribution in [0.25, 0.3) is 0 Å². The van der Waals surface area contributed by atoms with Crippen molar-refractivity contribution in [3.63, 3.8) is 0 Å². The van der Waals surface area contributed by atoms with E-state index >= 15 is 0 Å². The summed E-state index contributed by atoms with van der Waals surface area (Å²) in [4.78, 5) is 21.0. The Morgan fingerprint density at radius 2 is 2.00 bits per heavy atom. The number of aromatic nitrogens is 4. The molecule has 0 radical (unpaired) electrons. The second kappa shape index (κ2) is 7.35. The SMILES string of the molecule is CNC(=O)c1cnc(C)nc1C1CCCCN1S(=O)(=O)c1cnn(C)c1C. The molecule has 27 heavy (non-hydrogen) atoms. The fourth-order valence-electron chi connectivity index (χ4n) is 3.38. The minimum absolute atomic E-state index is 0.184. The Hall–Kier alpha value is -2.33. The molecule has 0 saturated carbocycles. The van der Waals surface area contributed by atoms with Gasteiger partial charge < -0.3 is 5.32 Å². The van der Waals surface area contributed by atoms with Crippen molar-refractivity contribution in [3.05, 3.63) is 35.2 Å². The minimum Gasteiger partial charge on any atom is -0.355 e. The molecule has 0 bridgehead atoms. The Morgan fingerprint density at radius 1 is 1.26 bits per heavy atom. The highest BCUT2D eigenvalue weighted by atomic mass is 32.2. The number of rotatable bonds is 4. The lowest BCUT2D eigenvalue weighted by Gasteiger charge is -2.34. The van der Waals surface area contributed by atoms with Gasteiger partial charge in [-0.1, -0.05) is 6.42 Å². The zero-order chi connectivity index (χ0) is 19.8. The summed E-state index contributed by atoms with van der Waals surface area (Å²) in [5, 5.41) is 6.65. The summed E-state index contributed by atoms with van der Waals surface area (Å²) in [5.74, 6) is 0.170. The number of carbonyl (C=O) groups is 1. The van der Waals surface area contributed by atoms with Gasteiger partial charge in [0, 0.05) is 26.8 Å². The van der Waals surface area contributed by atoms with Crippen molar-refractivity contribution >= 4 is 15.9 Å². The summed E-state index contributed by atoms with van der Waals surface area (Å²) in [5.41, 5.74) is 1.33. The average Bonchev–Trinajstić information content (AvgIpc) is 3.00. The third-order valence-electron chi connectivity index (χ3n) is 4.96. The van der Waals surface area contributed by atoms with Crippen LogP contribution < -0.4 is 5.32 Å². The van der Waals surface area contributed by atoms with E-state index in [-0.39, 0.29) is 10.8 Å². The zero-order valence-electron chi connectivity index (χ0n) is 15.9. The third-order valence-corrected chi connectivity index (χ3v) is 6.97. The van der Waals surface area contributed by atoms with Gasteiger partial charge in [0.15, 0.2) is 0 Å². The number of hydrogen-bond acceptors (Lipinski definition) is 6. The molecule has 2 aromatic rings. The van der Waals surface area contributed by atoms with Crippen LogP contribution in [0.1, 0.15) is 52.9 Å². The van der Waals surface area contributed by atoms with Crippen LogP contribution in [0.5, 0.6) is 0 Å². The Bertz CT molecular complexity index is 969. The summed E-state index contributed by atoms with van der Waals surface area (Å²) in [6, 6.07) is -0.516. The normalized spacial score (nSPS) is 18.4. The van der Waals surface area contributed by atoms with Crippen molar-refractivity contribution in [2.75, 3.05) is 13.6 Å². The quantitative estimate of drug-likeness (QED) is 0.834. The van der Waals surface area contributed by atoms with Crippen LogP contribution in [-0.4, -0.2) is 52.0 Å². The van der Waals surface area contributed by atoms with Crippen LogP contribution in [-0.2, 0) is 17.1 Å². The summed E-state index contributed by atoms with van der Waals surface area (Å²) in [7, 11) is -0.537. The second-order valence-corrected chi connectivity index (χ2v) is 8.50. The molecule has 0 spiro atoms. The monoisotopic (exact) mass is 392 g/mol. The minimum atomic E-state index is -3.77. The molecule has 1 aliphatic heterocycles. The van der Waals surface area contributed by atoms with Crippen molar-refractivity contribution in [1.82, 2.24) is 29.4 Å². The van der Waals surface area contributed by atoms with Gasteiger partial charge in [0.1, 0.15) is 10.7 Å². The molecule has 3 rings (SSSR count). The molecule has 10 heteroatoms. The number of nitrogens with one attached hydrogen (secondary N) is 1. The van der Waals surface area contributed by atoms with Crippen LogP contribution in [0.4, 0.5) is 0 Å². The molecule has 1 unspecified atom stereocenters. The lowest BCUT2D eigenvalue weighted by molar-refractivity contribution is 0.0958. The van der Waals surface area contributed by atoms with Gasteiger partial charge in [-0.15, -0.1) is 0 Å². The van der Waals surface area contributed by atoms with Gasteiger partial charge in [-0.2, -0.15) is 9.40 Å². The molecule has 1 fully saturated rings. The largest absolute Gasteiger partial charge is 0.355 e. The number of amides is 1. The number of sulfonamides is 1. The maximum absolute atomic E-state index is 13.4. The van der Waals surface area contributed by atoms with Crippen molar-refractivity contribution < 1.29 is 13.2 Å². The second-order valence-electron chi connectivity index (χ2n) is 6.64. The van der Waals surface area contributed by atoms with Crippen LogP contribution in [0.2, 0.25) is 0 Å². The summed E-state index contributed by atoms with van der Waals surface area (Å²) >= 11 is 0. The molecule has 146 valence electrons. The standard InChI is InChI=1S/C17H24N6O3S/c1-11-15(10-20-22(11)4)27(25,26)23-8-6-5-7-14(23)16-13(17(24)18-3)9-19-12(2)21-16/h9-10,14H,5-8H2,1-4H3,(H,18,24). The highest BCUT2D eigenvalue weighted by molar-refractivity contribution is 7.89. The van der Waals surface area contributed by atoms with E-state index in [0.717, 1.165) is 12.8 Å². The van der Waals surface area contributed by atoms with E-state index in [1.807, 2.05) is 0 Å². The fourth-order valence-corrected chi connectivity index (χ4v) is 5.22. The average molecular weight is 392 g/mol. The molecule has 1 aliphatic rings. The van der Waals surface area contributed by atoms with Crippen molar-refractivity contribution in [3.8, 4) is 0 Å². The Labute approximate surface area is 158 Å². The summed E-state index contributed by atoms with van der Waals surface area (Å²) in [6.07, 6.45) is 5.05. The maximum atomic E-state index is 13.4. The van der Waals surface area contributed by atoms with Crippen LogP contribution in [0.3, 0.4) is 0 Å².